The highest BCUT2D eigenvalue weighted by Gasteiger charge is 2.21. The Hall–Kier alpha value is -2.34. The molecular formula is C18H23N3O3. The summed E-state index contributed by atoms with van der Waals surface area (Å²) in [6.07, 6.45) is 3.50. The fourth-order valence-corrected chi connectivity index (χ4v) is 2.37. The van der Waals surface area contributed by atoms with Gasteiger partial charge in [0.1, 0.15) is 5.60 Å². The molecule has 1 aromatic heterocycles. The van der Waals surface area contributed by atoms with Gasteiger partial charge < -0.3 is 14.8 Å². The number of carbonyl (C=O) groups excluding carboxylic acids is 1. The topological polar surface area (TPSA) is 65.4 Å². The average Bonchev–Trinajstić information content (AvgIpc) is 2.91. The number of nitrogens with one attached hydrogen (secondary N) is 1. The standard InChI is InChI=1S/C18H23N3O3/c1-18(2,3)24-17(22)19-8-13-4-6-14(7-5-13)15-9-20-21(10-15)16-11-23-12-16/h4-7,9-10,16H,8,11-12H2,1-3H3,(H,19,22). The number of amides is 1. The number of alkyl carbamates (subject to hydrolysis) is 1. The third-order valence-electron chi connectivity index (χ3n) is 3.72. The molecule has 3 rings (SSSR count). The maximum Gasteiger partial charge on any atom is 0.407 e. The zero-order valence-electron chi connectivity index (χ0n) is 14.3. The van der Waals surface area contributed by atoms with Crippen LogP contribution in [0.15, 0.2) is 36.7 Å². The van der Waals surface area contributed by atoms with Crippen LogP contribution in [0.2, 0.25) is 0 Å². The van der Waals surface area contributed by atoms with Gasteiger partial charge in [-0.3, -0.25) is 4.68 Å². The lowest BCUT2D eigenvalue weighted by molar-refractivity contribution is -0.0286. The van der Waals surface area contributed by atoms with Crippen molar-refractivity contribution in [2.75, 3.05) is 13.2 Å². The Kier molecular flexibility index (Phi) is 4.57. The normalized spacial score (nSPS) is 15.0. The predicted octanol–water partition coefficient (Wildman–Crippen LogP) is 3.15. The van der Waals surface area contributed by atoms with Gasteiger partial charge in [-0.2, -0.15) is 5.10 Å². The molecule has 1 aliphatic rings. The number of hydrogen-bond acceptors (Lipinski definition) is 4. The molecule has 2 heterocycles. The van der Waals surface area contributed by atoms with Crippen LogP contribution < -0.4 is 5.32 Å². The summed E-state index contributed by atoms with van der Waals surface area (Å²) in [5.74, 6) is 0. The first-order valence-electron chi connectivity index (χ1n) is 8.09. The Morgan fingerprint density at radius 3 is 2.58 bits per heavy atom. The number of nitrogens with zero attached hydrogens (tertiary/aromatic N) is 2. The summed E-state index contributed by atoms with van der Waals surface area (Å²) in [7, 11) is 0. The van der Waals surface area contributed by atoms with E-state index in [-0.39, 0.29) is 0 Å². The summed E-state index contributed by atoms with van der Waals surface area (Å²) in [6, 6.07) is 8.42. The van der Waals surface area contributed by atoms with E-state index in [2.05, 4.69) is 10.4 Å². The SMILES string of the molecule is CC(C)(C)OC(=O)NCc1ccc(-c2cnn(C3COC3)c2)cc1. The fourth-order valence-electron chi connectivity index (χ4n) is 2.37. The lowest BCUT2D eigenvalue weighted by atomic mass is 10.1. The molecule has 1 fully saturated rings. The molecule has 0 bridgehead atoms. The average molecular weight is 329 g/mol. The number of ether oxygens (including phenoxy) is 2. The van der Waals surface area contributed by atoms with Gasteiger partial charge in [-0.25, -0.2) is 4.79 Å². The third-order valence-corrected chi connectivity index (χ3v) is 3.72. The lowest BCUT2D eigenvalue weighted by Gasteiger charge is -2.25. The molecule has 1 saturated heterocycles. The van der Waals surface area contributed by atoms with Crippen molar-refractivity contribution < 1.29 is 14.3 Å². The molecule has 0 spiro atoms. The molecule has 0 saturated carbocycles. The summed E-state index contributed by atoms with van der Waals surface area (Å²) in [4.78, 5) is 11.7. The van der Waals surface area contributed by atoms with E-state index >= 15 is 0 Å². The number of hydrogen-bond donors (Lipinski definition) is 1. The Labute approximate surface area is 141 Å². The van der Waals surface area contributed by atoms with Crippen molar-refractivity contribution in [2.24, 2.45) is 0 Å². The maximum atomic E-state index is 11.7. The second-order valence-electron chi connectivity index (χ2n) is 6.95. The highest BCUT2D eigenvalue weighted by molar-refractivity contribution is 5.68. The Bertz CT molecular complexity index is 697. The van der Waals surface area contributed by atoms with E-state index in [1.807, 2.05) is 62.1 Å². The minimum Gasteiger partial charge on any atom is -0.444 e. The van der Waals surface area contributed by atoms with Gasteiger partial charge in [0.15, 0.2) is 0 Å². The molecule has 6 heteroatoms. The highest BCUT2D eigenvalue weighted by Crippen LogP contribution is 2.23. The van der Waals surface area contributed by atoms with Crippen molar-refractivity contribution in [3.05, 3.63) is 42.2 Å². The van der Waals surface area contributed by atoms with Gasteiger partial charge in [0.25, 0.3) is 0 Å². The number of aromatic nitrogens is 2. The number of carbonyl (C=O) groups is 1. The van der Waals surface area contributed by atoms with E-state index in [0.717, 1.165) is 29.9 Å². The largest absolute Gasteiger partial charge is 0.444 e. The first-order chi connectivity index (χ1) is 11.4. The monoisotopic (exact) mass is 329 g/mol. The van der Waals surface area contributed by atoms with Crippen molar-refractivity contribution >= 4 is 6.09 Å². The van der Waals surface area contributed by atoms with Gasteiger partial charge in [-0.05, 0) is 31.9 Å². The van der Waals surface area contributed by atoms with E-state index in [9.17, 15) is 4.79 Å². The molecule has 2 aromatic rings. The molecule has 1 aromatic carbocycles. The fraction of sp³-hybridized carbons (Fsp3) is 0.444. The van der Waals surface area contributed by atoms with Crippen LogP contribution in [-0.4, -0.2) is 34.7 Å². The molecule has 0 atom stereocenters. The van der Waals surface area contributed by atoms with Crippen LogP contribution in [0, 0.1) is 0 Å². The van der Waals surface area contributed by atoms with E-state index < -0.39 is 11.7 Å². The smallest absolute Gasteiger partial charge is 0.407 e. The van der Waals surface area contributed by atoms with E-state index in [0.29, 0.717) is 12.6 Å². The first-order valence-corrected chi connectivity index (χ1v) is 8.09. The molecule has 1 N–H and O–H groups in total. The molecule has 0 radical (unpaired) electrons. The predicted molar refractivity (Wildman–Crippen MR) is 90.6 cm³/mol. The van der Waals surface area contributed by atoms with Crippen LogP contribution in [0.1, 0.15) is 32.4 Å². The molecule has 1 aliphatic heterocycles. The van der Waals surface area contributed by atoms with Crippen LogP contribution in [0.3, 0.4) is 0 Å². The van der Waals surface area contributed by atoms with Gasteiger partial charge in [0.2, 0.25) is 0 Å². The van der Waals surface area contributed by atoms with E-state index in [1.165, 1.54) is 0 Å². The van der Waals surface area contributed by atoms with Crippen LogP contribution in [0.4, 0.5) is 4.79 Å². The van der Waals surface area contributed by atoms with Crippen molar-refractivity contribution in [1.29, 1.82) is 0 Å². The van der Waals surface area contributed by atoms with Crippen LogP contribution in [0.5, 0.6) is 0 Å². The molecule has 0 unspecified atom stereocenters. The van der Waals surface area contributed by atoms with Gasteiger partial charge in [-0.15, -0.1) is 0 Å². The third kappa shape index (κ3) is 4.14. The van der Waals surface area contributed by atoms with Gasteiger partial charge >= 0.3 is 6.09 Å². The maximum absolute atomic E-state index is 11.7. The zero-order valence-corrected chi connectivity index (χ0v) is 14.3. The zero-order chi connectivity index (χ0) is 17.2. The first kappa shape index (κ1) is 16.5. The quantitative estimate of drug-likeness (QED) is 0.936. The van der Waals surface area contributed by atoms with Crippen LogP contribution in [-0.2, 0) is 16.0 Å². The van der Waals surface area contributed by atoms with Crippen LogP contribution in [0.25, 0.3) is 11.1 Å². The lowest BCUT2D eigenvalue weighted by Crippen LogP contribution is -2.32. The number of rotatable bonds is 4. The Balaban J connectivity index is 1.57. The van der Waals surface area contributed by atoms with Crippen molar-refractivity contribution in [1.82, 2.24) is 15.1 Å². The second-order valence-corrected chi connectivity index (χ2v) is 6.95. The van der Waals surface area contributed by atoms with Crippen LogP contribution >= 0.6 is 0 Å². The van der Waals surface area contributed by atoms with Crippen molar-refractivity contribution in [3.63, 3.8) is 0 Å². The van der Waals surface area contributed by atoms with Gasteiger partial charge in [0.05, 0.1) is 25.5 Å². The molecule has 0 aliphatic carbocycles. The summed E-state index contributed by atoms with van der Waals surface area (Å²) >= 11 is 0. The summed E-state index contributed by atoms with van der Waals surface area (Å²) in [5.41, 5.74) is 2.71. The van der Waals surface area contributed by atoms with E-state index in [1.54, 1.807) is 0 Å². The Morgan fingerprint density at radius 1 is 1.29 bits per heavy atom. The number of benzene rings is 1. The molecular weight excluding hydrogens is 306 g/mol. The van der Waals surface area contributed by atoms with E-state index in [4.69, 9.17) is 9.47 Å². The highest BCUT2D eigenvalue weighted by atomic mass is 16.6. The summed E-state index contributed by atoms with van der Waals surface area (Å²) in [5, 5.41) is 7.15. The minimum absolute atomic E-state index is 0.357. The molecule has 128 valence electrons. The molecule has 1 amide bonds. The second kappa shape index (κ2) is 6.65. The summed E-state index contributed by atoms with van der Waals surface area (Å²) < 4.78 is 12.4. The Morgan fingerprint density at radius 2 is 2.00 bits per heavy atom. The summed E-state index contributed by atoms with van der Waals surface area (Å²) in [6.45, 7) is 7.44. The molecule has 6 nitrogen and oxygen atoms in total. The minimum atomic E-state index is -0.487. The molecule has 24 heavy (non-hydrogen) atoms. The van der Waals surface area contributed by atoms with Crippen molar-refractivity contribution in [2.45, 2.75) is 39.0 Å². The van der Waals surface area contributed by atoms with Crippen molar-refractivity contribution in [3.8, 4) is 11.1 Å². The van der Waals surface area contributed by atoms with Gasteiger partial charge in [0, 0.05) is 18.3 Å². The van der Waals surface area contributed by atoms with Gasteiger partial charge in [-0.1, -0.05) is 24.3 Å².